The Bertz CT molecular complexity index is 421. The lowest BCUT2D eigenvalue weighted by molar-refractivity contribution is 0.0771. The van der Waals surface area contributed by atoms with E-state index in [9.17, 15) is 0 Å². The lowest BCUT2D eigenvalue weighted by Gasteiger charge is -2.17. The third-order valence-electron chi connectivity index (χ3n) is 3.17. The zero-order chi connectivity index (χ0) is 13.1. The third-order valence-corrected chi connectivity index (χ3v) is 4.31. The molecule has 1 atom stereocenters. The molecule has 0 saturated heterocycles. The zero-order valence-electron chi connectivity index (χ0n) is 11.2. The molecule has 2 rings (SSSR count). The van der Waals surface area contributed by atoms with Gasteiger partial charge in [-0.3, -0.25) is 0 Å². The lowest BCUT2D eigenvalue weighted by atomic mass is 10.2. The van der Waals surface area contributed by atoms with E-state index >= 15 is 0 Å². The van der Waals surface area contributed by atoms with Crippen LogP contribution in [0.5, 0.6) is 0 Å². The first-order chi connectivity index (χ1) is 8.71. The molecule has 1 N–H and O–H groups in total. The number of halogens is 1. The van der Waals surface area contributed by atoms with Gasteiger partial charge in [0.1, 0.15) is 11.9 Å². The van der Waals surface area contributed by atoms with Gasteiger partial charge in [0.05, 0.1) is 9.26 Å². The van der Waals surface area contributed by atoms with Crippen molar-refractivity contribution >= 4 is 28.4 Å². The van der Waals surface area contributed by atoms with E-state index in [4.69, 9.17) is 4.74 Å². The number of aromatic nitrogens is 2. The van der Waals surface area contributed by atoms with E-state index < -0.39 is 0 Å². The van der Waals surface area contributed by atoms with E-state index in [0.717, 1.165) is 33.9 Å². The molecular weight excluding hydrogens is 341 g/mol. The van der Waals surface area contributed by atoms with Gasteiger partial charge in [-0.2, -0.15) is 0 Å². The molecule has 1 heterocycles. The SMILES string of the molecule is CCNc1nc(C(OC)C2CC2)nc(CC)c1I. The predicted molar refractivity (Wildman–Crippen MR) is 80.8 cm³/mol. The molecule has 100 valence electrons. The van der Waals surface area contributed by atoms with Crippen LogP contribution in [0.15, 0.2) is 0 Å². The van der Waals surface area contributed by atoms with Crippen LogP contribution in [0.1, 0.15) is 44.3 Å². The molecule has 1 aromatic rings. The van der Waals surface area contributed by atoms with Gasteiger partial charge >= 0.3 is 0 Å². The highest BCUT2D eigenvalue weighted by Crippen LogP contribution is 2.42. The van der Waals surface area contributed by atoms with Crippen LogP contribution in [0, 0.1) is 9.49 Å². The van der Waals surface area contributed by atoms with Crippen molar-refractivity contribution in [3.8, 4) is 0 Å². The van der Waals surface area contributed by atoms with Crippen molar-refractivity contribution in [1.29, 1.82) is 0 Å². The average molecular weight is 361 g/mol. The Morgan fingerprint density at radius 1 is 1.39 bits per heavy atom. The van der Waals surface area contributed by atoms with Crippen molar-refractivity contribution in [3.05, 3.63) is 15.1 Å². The second-order valence-corrected chi connectivity index (χ2v) is 5.65. The Kier molecular flexibility index (Phi) is 4.77. The number of rotatable bonds is 6. The fourth-order valence-electron chi connectivity index (χ4n) is 2.07. The van der Waals surface area contributed by atoms with Crippen LogP contribution in [-0.2, 0) is 11.2 Å². The van der Waals surface area contributed by atoms with Gasteiger partial charge in [0.2, 0.25) is 0 Å². The second-order valence-electron chi connectivity index (χ2n) is 4.57. The summed E-state index contributed by atoms with van der Waals surface area (Å²) >= 11 is 2.32. The Morgan fingerprint density at radius 2 is 2.11 bits per heavy atom. The van der Waals surface area contributed by atoms with Gasteiger partial charge in [-0.15, -0.1) is 0 Å². The molecule has 1 unspecified atom stereocenters. The maximum atomic E-state index is 5.58. The number of nitrogens with one attached hydrogen (secondary N) is 1. The zero-order valence-corrected chi connectivity index (χ0v) is 13.3. The number of aryl methyl sites for hydroxylation is 1. The van der Waals surface area contributed by atoms with E-state index in [1.165, 1.54) is 12.8 Å². The van der Waals surface area contributed by atoms with Gasteiger partial charge in [-0.05, 0) is 54.7 Å². The van der Waals surface area contributed by atoms with Crippen molar-refractivity contribution in [1.82, 2.24) is 9.97 Å². The van der Waals surface area contributed by atoms with Gasteiger partial charge in [-0.25, -0.2) is 9.97 Å². The minimum absolute atomic E-state index is 0.0599. The Morgan fingerprint density at radius 3 is 2.61 bits per heavy atom. The number of nitrogens with zero attached hydrogens (tertiary/aromatic N) is 2. The lowest BCUT2D eigenvalue weighted by Crippen LogP contribution is -2.14. The minimum Gasteiger partial charge on any atom is -0.373 e. The third kappa shape index (κ3) is 2.93. The average Bonchev–Trinajstić information content (AvgIpc) is 3.18. The standard InChI is InChI=1S/C13H20IN3O/c1-4-9-10(14)12(15-5-2)17-13(16-9)11(18-3)8-6-7-8/h8,11H,4-7H2,1-3H3,(H,15,16,17). The summed E-state index contributed by atoms with van der Waals surface area (Å²) < 4.78 is 6.71. The number of methoxy groups -OCH3 is 1. The minimum atomic E-state index is 0.0599. The summed E-state index contributed by atoms with van der Waals surface area (Å²) in [7, 11) is 1.75. The van der Waals surface area contributed by atoms with Crippen LogP contribution in [0.2, 0.25) is 0 Å². The topological polar surface area (TPSA) is 47.0 Å². The van der Waals surface area contributed by atoms with E-state index in [-0.39, 0.29) is 6.10 Å². The van der Waals surface area contributed by atoms with Crippen molar-refractivity contribution in [2.45, 2.75) is 39.2 Å². The molecule has 0 bridgehead atoms. The number of anilines is 1. The molecule has 18 heavy (non-hydrogen) atoms. The highest BCUT2D eigenvalue weighted by atomic mass is 127. The highest BCUT2D eigenvalue weighted by molar-refractivity contribution is 14.1. The van der Waals surface area contributed by atoms with Crippen LogP contribution in [0.4, 0.5) is 5.82 Å². The van der Waals surface area contributed by atoms with Gasteiger partial charge in [0.15, 0.2) is 5.82 Å². The molecule has 1 aliphatic carbocycles. The largest absolute Gasteiger partial charge is 0.373 e. The van der Waals surface area contributed by atoms with E-state index in [2.05, 4.69) is 51.7 Å². The van der Waals surface area contributed by atoms with Crippen molar-refractivity contribution in [3.63, 3.8) is 0 Å². The van der Waals surface area contributed by atoms with Gasteiger partial charge in [0.25, 0.3) is 0 Å². The van der Waals surface area contributed by atoms with Crippen LogP contribution in [-0.4, -0.2) is 23.6 Å². The summed E-state index contributed by atoms with van der Waals surface area (Å²) in [5, 5.41) is 3.32. The molecule has 0 aromatic carbocycles. The smallest absolute Gasteiger partial charge is 0.160 e. The molecule has 1 saturated carbocycles. The molecule has 1 fully saturated rings. The monoisotopic (exact) mass is 361 g/mol. The number of hydrogen-bond acceptors (Lipinski definition) is 4. The van der Waals surface area contributed by atoms with E-state index in [0.29, 0.717) is 5.92 Å². The number of hydrogen-bond donors (Lipinski definition) is 1. The van der Waals surface area contributed by atoms with E-state index in [1.54, 1.807) is 7.11 Å². The maximum absolute atomic E-state index is 5.58. The summed E-state index contributed by atoms with van der Waals surface area (Å²) in [6.07, 6.45) is 3.44. The molecule has 0 radical (unpaired) electrons. The van der Waals surface area contributed by atoms with Crippen molar-refractivity contribution < 1.29 is 4.74 Å². The first-order valence-corrected chi connectivity index (χ1v) is 7.62. The van der Waals surface area contributed by atoms with Crippen molar-refractivity contribution in [2.75, 3.05) is 19.0 Å². The summed E-state index contributed by atoms with van der Waals surface area (Å²) in [6, 6.07) is 0. The quantitative estimate of drug-likeness (QED) is 0.791. The summed E-state index contributed by atoms with van der Waals surface area (Å²) in [4.78, 5) is 9.33. The number of ether oxygens (including phenoxy) is 1. The Labute approximate surface area is 122 Å². The van der Waals surface area contributed by atoms with Gasteiger partial charge < -0.3 is 10.1 Å². The van der Waals surface area contributed by atoms with Crippen LogP contribution in [0.25, 0.3) is 0 Å². The van der Waals surface area contributed by atoms with Crippen LogP contribution >= 0.6 is 22.6 Å². The highest BCUT2D eigenvalue weighted by Gasteiger charge is 2.35. The van der Waals surface area contributed by atoms with Crippen molar-refractivity contribution in [2.24, 2.45) is 5.92 Å². The molecule has 4 nitrogen and oxygen atoms in total. The van der Waals surface area contributed by atoms with Crippen LogP contribution < -0.4 is 5.32 Å². The molecule has 1 aromatic heterocycles. The fraction of sp³-hybridized carbons (Fsp3) is 0.692. The molecule has 0 aliphatic heterocycles. The summed E-state index contributed by atoms with van der Waals surface area (Å²) in [6.45, 7) is 5.08. The second kappa shape index (κ2) is 6.14. The molecular formula is C13H20IN3O. The first-order valence-electron chi connectivity index (χ1n) is 6.54. The van der Waals surface area contributed by atoms with Gasteiger partial charge in [0, 0.05) is 13.7 Å². The first kappa shape index (κ1) is 14.0. The Hall–Kier alpha value is -0.430. The fourth-order valence-corrected chi connectivity index (χ4v) is 2.88. The van der Waals surface area contributed by atoms with Crippen LogP contribution in [0.3, 0.4) is 0 Å². The summed E-state index contributed by atoms with van der Waals surface area (Å²) in [5.41, 5.74) is 1.11. The summed E-state index contributed by atoms with van der Waals surface area (Å²) in [5.74, 6) is 2.39. The molecule has 1 aliphatic rings. The molecule has 5 heteroatoms. The Balaban J connectivity index is 2.36. The molecule has 0 amide bonds. The molecule has 0 spiro atoms. The normalized spacial score (nSPS) is 16.7. The van der Waals surface area contributed by atoms with Gasteiger partial charge in [-0.1, -0.05) is 6.92 Å². The van der Waals surface area contributed by atoms with E-state index in [1.807, 2.05) is 0 Å². The maximum Gasteiger partial charge on any atom is 0.160 e. The predicted octanol–water partition coefficient (Wildman–Crippen LogP) is 3.17.